The first kappa shape index (κ1) is 18.4. The first-order valence-electron chi connectivity index (χ1n) is 2.49. The minimum absolute atomic E-state index is 0. The maximum atomic E-state index is 5.59. The van der Waals surface area contributed by atoms with E-state index in [9.17, 15) is 0 Å². The average molecular weight is 271 g/mol. The maximum Gasteiger partial charge on any atom is 0.147 e. The molecule has 0 spiro atoms. The molecule has 0 aliphatic carbocycles. The molecule has 1 rings (SSSR count). The van der Waals surface area contributed by atoms with Crippen molar-refractivity contribution in [2.45, 2.75) is 6.92 Å². The van der Waals surface area contributed by atoms with Gasteiger partial charge >= 0.3 is 0 Å². The molecule has 1 heterocycles. The Balaban J connectivity index is -0.000000270. The monoisotopic (exact) mass is 269 g/mol. The number of hydrogen-bond acceptors (Lipinski definition) is 1. The molecular weight excluding hydrogens is 263 g/mol. The summed E-state index contributed by atoms with van der Waals surface area (Å²) < 4.78 is 0. The van der Waals surface area contributed by atoms with Crippen molar-refractivity contribution in [1.29, 1.82) is 0 Å². The molecule has 1 aromatic rings. The van der Waals surface area contributed by atoms with Crippen LogP contribution in [0.2, 0.25) is 10.2 Å². The Bertz CT molecular complexity index is 227. The van der Waals surface area contributed by atoms with Gasteiger partial charge in [-0.15, -0.1) is 37.2 Å². The van der Waals surface area contributed by atoms with Crippen LogP contribution in [0.3, 0.4) is 0 Å². The highest BCUT2D eigenvalue weighted by molar-refractivity contribution is 6.41. The predicted molar refractivity (Wildman–Crippen MR) is 60.7 cm³/mol. The average Bonchev–Trinajstić information content (AvgIpc) is 1.80. The van der Waals surface area contributed by atoms with Gasteiger partial charge in [0.05, 0.1) is 5.02 Å². The molecule has 0 fully saturated rings. The minimum atomic E-state index is 0. The van der Waals surface area contributed by atoms with Crippen LogP contribution < -0.4 is 0 Å². The van der Waals surface area contributed by atoms with Gasteiger partial charge in [0.1, 0.15) is 5.15 Å². The fraction of sp³-hybridized carbons (Fsp3) is 0.167. The van der Waals surface area contributed by atoms with E-state index in [1.165, 1.54) is 0 Å². The molecule has 6 heteroatoms. The molecule has 72 valence electrons. The third-order valence-electron chi connectivity index (χ3n) is 0.942. The molecule has 1 aromatic heterocycles. The van der Waals surface area contributed by atoms with E-state index in [0.717, 1.165) is 5.69 Å². The molecule has 1 nitrogen and oxygen atoms in total. The Morgan fingerprint density at radius 2 is 1.58 bits per heavy atom. The summed E-state index contributed by atoms with van der Waals surface area (Å²) in [6.07, 6.45) is 0. The zero-order valence-corrected chi connectivity index (χ0v) is 10.0. The van der Waals surface area contributed by atoms with Crippen LogP contribution in [0, 0.1) is 6.92 Å². The summed E-state index contributed by atoms with van der Waals surface area (Å²) in [6, 6.07) is 3.54. The number of aromatic nitrogens is 1. The van der Waals surface area contributed by atoms with Crippen molar-refractivity contribution < 1.29 is 0 Å². The maximum absolute atomic E-state index is 5.59. The van der Waals surface area contributed by atoms with Gasteiger partial charge in [-0.2, -0.15) is 0 Å². The minimum Gasteiger partial charge on any atom is -0.240 e. The molecule has 0 N–H and O–H groups in total. The first-order chi connectivity index (χ1) is 4.20. The molecule has 0 saturated carbocycles. The van der Waals surface area contributed by atoms with Crippen LogP contribution in [-0.2, 0) is 0 Å². The highest BCUT2D eigenvalue weighted by atomic mass is 35.5. The summed E-state index contributed by atoms with van der Waals surface area (Å²) in [7, 11) is 0. The largest absolute Gasteiger partial charge is 0.240 e. The second-order valence-electron chi connectivity index (χ2n) is 1.73. The van der Waals surface area contributed by atoms with Gasteiger partial charge in [-0.1, -0.05) is 23.2 Å². The lowest BCUT2D eigenvalue weighted by Crippen LogP contribution is -1.79. The lowest BCUT2D eigenvalue weighted by Gasteiger charge is -1.93. The number of nitrogens with zero attached hydrogens (tertiary/aromatic N) is 1. The zero-order chi connectivity index (χ0) is 6.85. The fourth-order valence-electron chi connectivity index (χ4n) is 0.508. The van der Waals surface area contributed by atoms with E-state index in [-0.39, 0.29) is 37.2 Å². The lowest BCUT2D eigenvalue weighted by molar-refractivity contribution is 1.20. The van der Waals surface area contributed by atoms with Crippen molar-refractivity contribution in [3.05, 3.63) is 28.0 Å². The van der Waals surface area contributed by atoms with E-state index >= 15 is 0 Å². The second-order valence-corrected chi connectivity index (χ2v) is 2.49. The third kappa shape index (κ3) is 5.28. The van der Waals surface area contributed by atoms with Gasteiger partial charge in [-0.25, -0.2) is 4.98 Å². The van der Waals surface area contributed by atoms with E-state index in [0.29, 0.717) is 10.2 Å². The number of rotatable bonds is 0. The van der Waals surface area contributed by atoms with E-state index in [2.05, 4.69) is 4.98 Å². The predicted octanol–water partition coefficient (Wildman–Crippen LogP) is 3.96. The van der Waals surface area contributed by atoms with Crippen molar-refractivity contribution in [1.82, 2.24) is 4.98 Å². The molecule has 0 saturated heterocycles. The molecule has 0 unspecified atom stereocenters. The van der Waals surface area contributed by atoms with Crippen molar-refractivity contribution >= 4 is 60.4 Å². The molecule has 0 amide bonds. The number of pyridine rings is 1. The highest BCUT2D eigenvalue weighted by Crippen LogP contribution is 2.18. The van der Waals surface area contributed by atoms with Gasteiger partial charge in [0.25, 0.3) is 0 Å². The zero-order valence-electron chi connectivity index (χ0n) is 6.08. The number of halogens is 5. The van der Waals surface area contributed by atoms with Crippen molar-refractivity contribution in [3.8, 4) is 0 Å². The molecule has 0 atom stereocenters. The smallest absolute Gasteiger partial charge is 0.147 e. The molecule has 0 aliphatic heterocycles. The lowest BCUT2D eigenvalue weighted by atomic mass is 10.4. The Kier molecular flexibility index (Phi) is 12.6. The summed E-state index contributed by atoms with van der Waals surface area (Å²) >= 11 is 11.2. The van der Waals surface area contributed by atoms with E-state index in [1.54, 1.807) is 6.07 Å². The van der Waals surface area contributed by atoms with Gasteiger partial charge in [-0.3, -0.25) is 0 Å². The summed E-state index contributed by atoms with van der Waals surface area (Å²) in [5.74, 6) is 0. The van der Waals surface area contributed by atoms with Crippen LogP contribution in [-0.4, -0.2) is 4.98 Å². The van der Waals surface area contributed by atoms with Crippen LogP contribution in [0.25, 0.3) is 0 Å². The van der Waals surface area contributed by atoms with E-state index in [4.69, 9.17) is 23.2 Å². The quantitative estimate of drug-likeness (QED) is 0.651. The SMILES string of the molecule is Cc1ccc(Cl)c(Cl)n1.Cl.Cl.Cl. The van der Waals surface area contributed by atoms with Gasteiger partial charge in [0.15, 0.2) is 0 Å². The Hall–Kier alpha value is 0.600. The molecular formula is C6H8Cl5N. The van der Waals surface area contributed by atoms with Crippen molar-refractivity contribution in [2.24, 2.45) is 0 Å². The molecule has 0 aliphatic rings. The van der Waals surface area contributed by atoms with Crippen LogP contribution in [0.4, 0.5) is 0 Å². The van der Waals surface area contributed by atoms with Gasteiger partial charge in [-0.05, 0) is 19.1 Å². The van der Waals surface area contributed by atoms with Crippen LogP contribution in [0.15, 0.2) is 12.1 Å². The number of aryl methyl sites for hydroxylation is 1. The van der Waals surface area contributed by atoms with Crippen molar-refractivity contribution in [2.75, 3.05) is 0 Å². The van der Waals surface area contributed by atoms with E-state index < -0.39 is 0 Å². The molecule has 0 aromatic carbocycles. The topological polar surface area (TPSA) is 12.9 Å². The highest BCUT2D eigenvalue weighted by Gasteiger charge is 1.95. The first-order valence-corrected chi connectivity index (χ1v) is 3.24. The summed E-state index contributed by atoms with van der Waals surface area (Å²) in [4.78, 5) is 3.91. The van der Waals surface area contributed by atoms with Gasteiger partial charge < -0.3 is 0 Å². The van der Waals surface area contributed by atoms with Crippen LogP contribution in [0.5, 0.6) is 0 Å². The second kappa shape index (κ2) is 8.21. The Morgan fingerprint density at radius 3 is 1.92 bits per heavy atom. The Morgan fingerprint density at radius 1 is 1.08 bits per heavy atom. The van der Waals surface area contributed by atoms with Gasteiger partial charge in [0, 0.05) is 5.69 Å². The summed E-state index contributed by atoms with van der Waals surface area (Å²) in [5, 5.41) is 0.874. The molecule has 12 heavy (non-hydrogen) atoms. The fourth-order valence-corrected chi connectivity index (χ4v) is 0.810. The molecule has 0 bridgehead atoms. The number of hydrogen-bond donors (Lipinski definition) is 0. The van der Waals surface area contributed by atoms with Crippen LogP contribution >= 0.6 is 60.4 Å². The summed E-state index contributed by atoms with van der Waals surface area (Å²) in [6.45, 7) is 1.86. The van der Waals surface area contributed by atoms with Gasteiger partial charge in [0.2, 0.25) is 0 Å². The van der Waals surface area contributed by atoms with Crippen LogP contribution in [0.1, 0.15) is 5.69 Å². The van der Waals surface area contributed by atoms with E-state index in [1.807, 2.05) is 13.0 Å². The molecule has 0 radical (unpaired) electrons. The standard InChI is InChI=1S/C6H5Cl2N.3ClH/c1-4-2-3-5(7)6(8)9-4;;;/h2-3H,1H3;3*1H. The third-order valence-corrected chi connectivity index (χ3v) is 1.63. The Labute approximate surface area is 100 Å². The summed E-state index contributed by atoms with van der Waals surface area (Å²) in [5.41, 5.74) is 0.879. The normalized spacial score (nSPS) is 7.25. The van der Waals surface area contributed by atoms with Crippen molar-refractivity contribution in [3.63, 3.8) is 0 Å².